The lowest BCUT2D eigenvalue weighted by molar-refractivity contribution is 0.339. The van der Waals surface area contributed by atoms with Crippen molar-refractivity contribution >= 4 is 41.7 Å². The van der Waals surface area contributed by atoms with E-state index in [9.17, 15) is 0 Å². The van der Waals surface area contributed by atoms with Crippen molar-refractivity contribution in [1.82, 2.24) is 15.6 Å². The van der Waals surface area contributed by atoms with Gasteiger partial charge in [-0.1, -0.05) is 0 Å². The zero-order chi connectivity index (χ0) is 20.4. The fraction of sp³-hybridized carbons (Fsp3) is 0.429. The fourth-order valence-corrected chi connectivity index (χ4v) is 2.50. The molecule has 0 bridgehead atoms. The molecule has 0 saturated carbocycles. The Hall–Kier alpha value is -1.68. The molecule has 0 radical (unpaired) electrons. The van der Waals surface area contributed by atoms with E-state index < -0.39 is 0 Å². The highest BCUT2D eigenvalue weighted by Gasteiger charge is 2.16. The van der Waals surface area contributed by atoms with Crippen LogP contribution in [0.3, 0.4) is 0 Å². The zero-order valence-corrected chi connectivity index (χ0v) is 20.8. The molecule has 1 heterocycles. The van der Waals surface area contributed by atoms with Crippen LogP contribution < -0.4 is 20.1 Å². The molecule has 0 saturated heterocycles. The molecule has 0 aliphatic heterocycles. The van der Waals surface area contributed by atoms with Crippen molar-refractivity contribution in [3.05, 3.63) is 48.2 Å². The normalized spacial score (nSPS) is 11.4. The molecule has 0 aliphatic carbocycles. The first-order valence-electron chi connectivity index (χ1n) is 9.31. The summed E-state index contributed by atoms with van der Waals surface area (Å²) in [7, 11) is 1.77. The maximum absolute atomic E-state index is 5.85. The van der Waals surface area contributed by atoms with Crippen molar-refractivity contribution in [2.75, 3.05) is 26.5 Å². The molecule has 0 atom stereocenters. The van der Waals surface area contributed by atoms with Crippen LogP contribution in [0.25, 0.3) is 0 Å². The van der Waals surface area contributed by atoms with E-state index in [1.165, 1.54) is 0 Å². The van der Waals surface area contributed by atoms with Gasteiger partial charge in [0.05, 0.1) is 6.61 Å². The second kappa shape index (κ2) is 12.8. The van der Waals surface area contributed by atoms with E-state index in [2.05, 4.69) is 40.7 Å². The molecule has 1 aromatic carbocycles. The van der Waals surface area contributed by atoms with Crippen LogP contribution in [0.5, 0.6) is 17.4 Å². The number of rotatable bonds is 9. The van der Waals surface area contributed by atoms with Gasteiger partial charge >= 0.3 is 0 Å². The first kappa shape index (κ1) is 25.4. The minimum Gasteiger partial charge on any atom is -0.494 e. The van der Waals surface area contributed by atoms with Gasteiger partial charge in [0, 0.05) is 37.1 Å². The molecule has 2 N–H and O–H groups in total. The number of pyridine rings is 1. The molecule has 2 rings (SSSR count). The van der Waals surface area contributed by atoms with Gasteiger partial charge in [0.15, 0.2) is 5.96 Å². The van der Waals surface area contributed by atoms with Crippen LogP contribution in [0.2, 0.25) is 0 Å². The van der Waals surface area contributed by atoms with E-state index in [0.29, 0.717) is 19.0 Å². The molecule has 0 fully saturated rings. The predicted octanol–water partition coefficient (Wildman–Crippen LogP) is 4.70. The Morgan fingerprint density at radius 1 is 1.14 bits per heavy atom. The lowest BCUT2D eigenvalue weighted by atomic mass is 10.2. The highest BCUT2D eigenvalue weighted by molar-refractivity contribution is 14.0. The maximum atomic E-state index is 5.85. The Balaban J connectivity index is 0.00000420. The summed E-state index contributed by atoms with van der Waals surface area (Å²) in [6, 6.07) is 11.4. The number of halogens is 1. The van der Waals surface area contributed by atoms with Gasteiger partial charge in [-0.15, -0.1) is 24.0 Å². The summed E-state index contributed by atoms with van der Waals surface area (Å²) in [5.41, 5.74) is 1.06. The van der Waals surface area contributed by atoms with Gasteiger partial charge in [-0.25, -0.2) is 4.98 Å². The SMILES string of the molecule is CCOc1ccc(Oc2cc(CNC(=NC)NCC(C)(C)SC)ccn2)cc1.I. The van der Waals surface area contributed by atoms with Crippen LogP contribution in [0.1, 0.15) is 26.3 Å². The second-order valence-electron chi connectivity index (χ2n) is 6.75. The summed E-state index contributed by atoms with van der Waals surface area (Å²) < 4.78 is 11.4. The summed E-state index contributed by atoms with van der Waals surface area (Å²) >= 11 is 1.82. The summed E-state index contributed by atoms with van der Waals surface area (Å²) in [4.78, 5) is 8.57. The van der Waals surface area contributed by atoms with E-state index in [0.717, 1.165) is 29.6 Å². The van der Waals surface area contributed by atoms with Gasteiger partial charge in [-0.2, -0.15) is 11.8 Å². The van der Waals surface area contributed by atoms with Crippen molar-refractivity contribution in [1.29, 1.82) is 0 Å². The van der Waals surface area contributed by atoms with Crippen molar-refractivity contribution in [2.24, 2.45) is 4.99 Å². The molecule has 160 valence electrons. The van der Waals surface area contributed by atoms with Crippen LogP contribution in [0.15, 0.2) is 47.6 Å². The molecule has 8 heteroatoms. The van der Waals surface area contributed by atoms with E-state index in [1.54, 1.807) is 13.2 Å². The molecular weight excluding hydrogens is 499 g/mol. The third-order valence-corrected chi connectivity index (χ3v) is 5.32. The number of nitrogens with zero attached hydrogens (tertiary/aromatic N) is 2. The van der Waals surface area contributed by atoms with Crippen LogP contribution in [0, 0.1) is 0 Å². The fourth-order valence-electron chi connectivity index (χ4n) is 2.28. The number of hydrogen-bond acceptors (Lipinski definition) is 5. The van der Waals surface area contributed by atoms with E-state index in [4.69, 9.17) is 9.47 Å². The summed E-state index contributed by atoms with van der Waals surface area (Å²) in [6.07, 6.45) is 3.86. The summed E-state index contributed by atoms with van der Waals surface area (Å²) in [5, 5.41) is 6.68. The minimum atomic E-state index is 0. The molecule has 2 aromatic rings. The molecule has 29 heavy (non-hydrogen) atoms. The Bertz CT molecular complexity index is 770. The lowest BCUT2D eigenvalue weighted by Gasteiger charge is -2.23. The number of ether oxygens (including phenoxy) is 2. The van der Waals surface area contributed by atoms with E-state index in [1.807, 2.05) is 55.1 Å². The average molecular weight is 530 g/mol. The first-order valence-corrected chi connectivity index (χ1v) is 10.5. The number of hydrogen-bond donors (Lipinski definition) is 2. The van der Waals surface area contributed by atoms with Gasteiger partial charge in [0.2, 0.25) is 5.88 Å². The second-order valence-corrected chi connectivity index (χ2v) is 8.27. The average Bonchev–Trinajstić information content (AvgIpc) is 2.70. The number of thioether (sulfide) groups is 1. The summed E-state index contributed by atoms with van der Waals surface area (Å²) in [6.45, 7) is 8.46. The van der Waals surface area contributed by atoms with Gasteiger partial charge in [0.1, 0.15) is 11.5 Å². The Kier molecular flexibility index (Phi) is 11.2. The van der Waals surface area contributed by atoms with Gasteiger partial charge < -0.3 is 20.1 Å². The van der Waals surface area contributed by atoms with Crippen LogP contribution in [-0.4, -0.2) is 42.1 Å². The lowest BCUT2D eigenvalue weighted by Crippen LogP contribution is -2.42. The number of guanidine groups is 1. The molecule has 0 amide bonds. The highest BCUT2D eigenvalue weighted by atomic mass is 127. The van der Waals surface area contributed by atoms with Gasteiger partial charge in [-0.3, -0.25) is 4.99 Å². The highest BCUT2D eigenvalue weighted by Crippen LogP contribution is 2.23. The predicted molar refractivity (Wildman–Crippen MR) is 133 cm³/mol. The molecule has 0 spiro atoms. The van der Waals surface area contributed by atoms with E-state index in [-0.39, 0.29) is 28.7 Å². The largest absolute Gasteiger partial charge is 0.494 e. The molecule has 1 aromatic heterocycles. The number of benzene rings is 1. The Morgan fingerprint density at radius 2 is 1.83 bits per heavy atom. The molecule has 0 unspecified atom stereocenters. The topological polar surface area (TPSA) is 67.8 Å². The van der Waals surface area contributed by atoms with Crippen LogP contribution in [-0.2, 0) is 6.54 Å². The third-order valence-electron chi connectivity index (χ3n) is 4.07. The number of nitrogens with one attached hydrogen (secondary N) is 2. The zero-order valence-electron chi connectivity index (χ0n) is 17.7. The van der Waals surface area contributed by atoms with Crippen molar-refractivity contribution in [2.45, 2.75) is 32.1 Å². The smallest absolute Gasteiger partial charge is 0.219 e. The van der Waals surface area contributed by atoms with Gasteiger partial charge in [-0.05, 0) is 62.9 Å². The van der Waals surface area contributed by atoms with E-state index >= 15 is 0 Å². The third kappa shape index (κ3) is 9.12. The number of aliphatic imine (C=N–C) groups is 1. The van der Waals surface area contributed by atoms with Gasteiger partial charge in [0.25, 0.3) is 0 Å². The van der Waals surface area contributed by atoms with Crippen molar-refractivity contribution < 1.29 is 9.47 Å². The van der Waals surface area contributed by atoms with Crippen molar-refractivity contribution in [3.63, 3.8) is 0 Å². The molecule has 6 nitrogen and oxygen atoms in total. The van der Waals surface area contributed by atoms with Crippen LogP contribution >= 0.6 is 35.7 Å². The maximum Gasteiger partial charge on any atom is 0.219 e. The standard InChI is InChI=1S/C21H30N4O2S.HI/c1-6-26-17-7-9-18(10-8-17)27-19-13-16(11-12-23-19)14-24-20(22-4)25-15-21(2,3)28-5;/h7-13H,6,14-15H2,1-5H3,(H2,22,24,25);1H. The number of aromatic nitrogens is 1. The van der Waals surface area contributed by atoms with Crippen LogP contribution in [0.4, 0.5) is 0 Å². The molecule has 0 aliphatic rings. The Morgan fingerprint density at radius 3 is 2.45 bits per heavy atom. The van der Waals surface area contributed by atoms with Crippen molar-refractivity contribution in [3.8, 4) is 17.4 Å². The first-order chi connectivity index (χ1) is 13.5. The summed E-state index contributed by atoms with van der Waals surface area (Å²) in [5.74, 6) is 2.87. The molecular formula is C21H31IN4O2S. The quantitative estimate of drug-likeness (QED) is 0.279. The Labute approximate surface area is 195 Å². The minimum absolute atomic E-state index is 0. The monoisotopic (exact) mass is 530 g/mol.